The third kappa shape index (κ3) is 13.6. The summed E-state index contributed by atoms with van der Waals surface area (Å²) in [7, 11) is 0. The van der Waals surface area contributed by atoms with Crippen molar-refractivity contribution in [1.29, 1.82) is 0 Å². The van der Waals surface area contributed by atoms with E-state index in [1.165, 1.54) is 0 Å². The van der Waals surface area contributed by atoms with Gasteiger partial charge < -0.3 is 9.47 Å². The third-order valence-electron chi connectivity index (χ3n) is 2.92. The van der Waals surface area contributed by atoms with Crippen molar-refractivity contribution in [3.63, 3.8) is 0 Å². The van der Waals surface area contributed by atoms with Crippen molar-refractivity contribution >= 4 is 11.9 Å². The maximum Gasteiger partial charge on any atom is 0.305 e. The summed E-state index contributed by atoms with van der Waals surface area (Å²) in [5.41, 5.74) is -1.27. The van der Waals surface area contributed by atoms with Gasteiger partial charge >= 0.3 is 11.9 Å². The lowest BCUT2D eigenvalue weighted by Crippen LogP contribution is -2.42. The number of hydrogen-bond acceptors (Lipinski definition) is 8. The highest BCUT2D eigenvalue weighted by molar-refractivity contribution is 5.70. The molecule has 0 radical (unpaired) electrons. The minimum absolute atomic E-state index is 0.0116. The first-order valence-corrected chi connectivity index (χ1v) is 9.37. The van der Waals surface area contributed by atoms with E-state index in [0.717, 1.165) is 0 Å². The SMILES string of the molecule is CCOC(=O)CCC(CCC(=O)OCC)(OOC(C)(C)C)OOC(C)(C)C. The fourth-order valence-electron chi connectivity index (χ4n) is 1.76. The molecule has 0 heterocycles. The van der Waals surface area contributed by atoms with Crippen LogP contribution < -0.4 is 0 Å². The molecular weight excluding hydrogens is 356 g/mol. The molecule has 0 aromatic rings. The van der Waals surface area contributed by atoms with Crippen molar-refractivity contribution < 1.29 is 38.6 Å². The van der Waals surface area contributed by atoms with Crippen molar-refractivity contribution in [3.05, 3.63) is 0 Å². The predicted molar refractivity (Wildman–Crippen MR) is 98.3 cm³/mol. The van der Waals surface area contributed by atoms with Crippen molar-refractivity contribution in [2.24, 2.45) is 0 Å². The van der Waals surface area contributed by atoms with Gasteiger partial charge in [-0.3, -0.25) is 9.59 Å². The van der Waals surface area contributed by atoms with Crippen molar-refractivity contribution in [3.8, 4) is 0 Å². The second kappa shape index (κ2) is 11.6. The molecule has 0 spiro atoms. The Kier molecular flexibility index (Phi) is 11.1. The van der Waals surface area contributed by atoms with E-state index >= 15 is 0 Å². The van der Waals surface area contributed by atoms with Crippen LogP contribution in [0.4, 0.5) is 0 Å². The predicted octanol–water partition coefficient (Wildman–Crippen LogP) is 3.86. The summed E-state index contributed by atoms with van der Waals surface area (Å²) in [6.45, 7) is 14.8. The average Bonchev–Trinajstić information content (AvgIpc) is 2.52. The Morgan fingerprint density at radius 2 is 0.963 bits per heavy atom. The molecule has 8 nitrogen and oxygen atoms in total. The van der Waals surface area contributed by atoms with Gasteiger partial charge in [-0.05, 0) is 55.4 Å². The largest absolute Gasteiger partial charge is 0.466 e. The molecule has 0 saturated heterocycles. The van der Waals surface area contributed by atoms with Crippen molar-refractivity contribution in [1.82, 2.24) is 0 Å². The highest BCUT2D eigenvalue weighted by Crippen LogP contribution is 2.31. The number of esters is 2. The van der Waals surface area contributed by atoms with Crippen LogP contribution >= 0.6 is 0 Å². The summed E-state index contributed by atoms with van der Waals surface area (Å²) < 4.78 is 9.94. The first kappa shape index (κ1) is 25.8. The van der Waals surface area contributed by atoms with Gasteiger partial charge in [-0.25, -0.2) is 9.78 Å². The molecule has 0 rings (SSSR count). The highest BCUT2D eigenvalue weighted by atomic mass is 17.3. The van der Waals surface area contributed by atoms with E-state index in [9.17, 15) is 9.59 Å². The number of carbonyl (C=O) groups is 2. The van der Waals surface area contributed by atoms with Gasteiger partial charge in [0.15, 0.2) is 0 Å². The van der Waals surface area contributed by atoms with Crippen LogP contribution in [0.5, 0.6) is 0 Å². The zero-order valence-corrected chi connectivity index (χ0v) is 18.0. The smallest absolute Gasteiger partial charge is 0.305 e. The van der Waals surface area contributed by atoms with E-state index in [0.29, 0.717) is 0 Å². The Labute approximate surface area is 162 Å². The van der Waals surface area contributed by atoms with E-state index in [1.54, 1.807) is 55.4 Å². The normalized spacial score (nSPS) is 12.7. The molecule has 0 bridgehead atoms. The number of rotatable bonds is 12. The maximum absolute atomic E-state index is 11.8. The molecule has 0 amide bonds. The Morgan fingerprint density at radius 1 is 0.630 bits per heavy atom. The van der Waals surface area contributed by atoms with Crippen LogP contribution in [-0.2, 0) is 38.6 Å². The van der Waals surface area contributed by atoms with Crippen LogP contribution in [0.3, 0.4) is 0 Å². The van der Waals surface area contributed by atoms with E-state index in [1.807, 2.05) is 0 Å². The topological polar surface area (TPSA) is 89.5 Å². The van der Waals surface area contributed by atoms with Crippen LogP contribution in [0, 0.1) is 0 Å². The Hall–Kier alpha value is -1.22. The minimum Gasteiger partial charge on any atom is -0.466 e. The Balaban J connectivity index is 5.36. The number of hydrogen-bond donors (Lipinski definition) is 0. The minimum atomic E-state index is -1.47. The summed E-state index contributed by atoms with van der Waals surface area (Å²) in [5.74, 6) is -2.28. The fourth-order valence-corrected chi connectivity index (χ4v) is 1.76. The van der Waals surface area contributed by atoms with E-state index < -0.39 is 28.9 Å². The highest BCUT2D eigenvalue weighted by Gasteiger charge is 2.40. The molecular formula is C19H36O8. The van der Waals surface area contributed by atoms with Gasteiger partial charge in [-0.15, -0.1) is 0 Å². The van der Waals surface area contributed by atoms with Gasteiger partial charge in [0.1, 0.15) is 0 Å². The molecule has 0 aliphatic rings. The molecule has 160 valence electrons. The molecule has 0 aromatic carbocycles. The van der Waals surface area contributed by atoms with Gasteiger partial charge in [0.2, 0.25) is 5.79 Å². The molecule has 0 aromatic heterocycles. The van der Waals surface area contributed by atoms with Crippen LogP contribution in [0.1, 0.15) is 81.1 Å². The molecule has 0 N–H and O–H groups in total. The molecule has 0 saturated carbocycles. The molecule has 0 atom stereocenters. The quantitative estimate of drug-likeness (QED) is 0.214. The first-order chi connectivity index (χ1) is 12.3. The zero-order valence-electron chi connectivity index (χ0n) is 18.0. The first-order valence-electron chi connectivity index (χ1n) is 9.37. The monoisotopic (exact) mass is 392 g/mol. The number of carbonyl (C=O) groups excluding carboxylic acids is 2. The Morgan fingerprint density at radius 3 is 1.22 bits per heavy atom. The lowest BCUT2D eigenvalue weighted by molar-refractivity contribution is -0.543. The van der Waals surface area contributed by atoms with Gasteiger partial charge in [0.05, 0.1) is 37.3 Å². The van der Waals surface area contributed by atoms with E-state index in [-0.39, 0.29) is 38.9 Å². The van der Waals surface area contributed by atoms with Gasteiger partial charge in [-0.2, -0.15) is 9.78 Å². The van der Waals surface area contributed by atoms with Crippen LogP contribution in [0.15, 0.2) is 0 Å². The molecule has 0 aliphatic carbocycles. The third-order valence-corrected chi connectivity index (χ3v) is 2.92. The lowest BCUT2D eigenvalue weighted by Gasteiger charge is -2.35. The van der Waals surface area contributed by atoms with E-state index in [2.05, 4.69) is 0 Å². The summed E-state index contributed by atoms with van der Waals surface area (Å²) in [4.78, 5) is 45.7. The van der Waals surface area contributed by atoms with Crippen molar-refractivity contribution in [2.75, 3.05) is 13.2 Å². The lowest BCUT2D eigenvalue weighted by atomic mass is 10.0. The van der Waals surface area contributed by atoms with Crippen LogP contribution in [0.2, 0.25) is 0 Å². The Bertz CT molecular complexity index is 406. The fraction of sp³-hybridized carbons (Fsp3) is 0.895. The average molecular weight is 392 g/mol. The van der Waals surface area contributed by atoms with Crippen LogP contribution in [-0.4, -0.2) is 42.1 Å². The zero-order chi connectivity index (χ0) is 21.1. The summed E-state index contributed by atoms with van der Waals surface area (Å²) in [5, 5.41) is 0. The maximum atomic E-state index is 11.8. The van der Waals surface area contributed by atoms with Gasteiger partial charge in [-0.1, -0.05) is 0 Å². The second-order valence-electron chi connectivity index (χ2n) is 8.08. The molecule has 8 heteroatoms. The number of ether oxygens (including phenoxy) is 2. The van der Waals surface area contributed by atoms with Crippen LogP contribution in [0.25, 0.3) is 0 Å². The molecule has 0 unspecified atom stereocenters. The standard InChI is InChI=1S/C19H36O8/c1-9-22-15(20)11-13-19(26-24-17(3,4)5,27-25-18(6,7)8)14-12-16(21)23-10-2/h9-14H2,1-8H3. The van der Waals surface area contributed by atoms with Crippen molar-refractivity contribution in [2.45, 2.75) is 98.1 Å². The molecule has 27 heavy (non-hydrogen) atoms. The molecule has 0 aliphatic heterocycles. The van der Waals surface area contributed by atoms with E-state index in [4.69, 9.17) is 29.0 Å². The summed E-state index contributed by atoms with van der Waals surface area (Å²) in [6.07, 6.45) is 0.185. The summed E-state index contributed by atoms with van der Waals surface area (Å²) >= 11 is 0. The molecule has 0 fully saturated rings. The summed E-state index contributed by atoms with van der Waals surface area (Å²) in [6, 6.07) is 0. The van der Waals surface area contributed by atoms with Gasteiger partial charge in [0.25, 0.3) is 0 Å². The van der Waals surface area contributed by atoms with Gasteiger partial charge in [0, 0.05) is 12.8 Å². The second-order valence-corrected chi connectivity index (χ2v) is 8.08.